The molecular formula is C6H12ClN3O2. The molecule has 1 fully saturated rings. The molecule has 0 bridgehead atoms. The van der Waals surface area contributed by atoms with Crippen molar-refractivity contribution in [1.82, 2.24) is 5.32 Å². The van der Waals surface area contributed by atoms with Crippen molar-refractivity contribution in [2.75, 3.05) is 13.1 Å². The quantitative estimate of drug-likeness (QED) is 0.483. The number of nitrogens with one attached hydrogen (secondary N) is 1. The third kappa shape index (κ3) is 2.09. The van der Waals surface area contributed by atoms with Gasteiger partial charge in [0.05, 0.1) is 11.8 Å². The molecule has 0 aromatic rings. The highest BCUT2D eigenvalue weighted by atomic mass is 35.5. The van der Waals surface area contributed by atoms with Crippen LogP contribution >= 0.6 is 12.4 Å². The van der Waals surface area contributed by atoms with E-state index in [1.54, 1.807) is 0 Å². The van der Waals surface area contributed by atoms with Crippen LogP contribution in [0.4, 0.5) is 0 Å². The summed E-state index contributed by atoms with van der Waals surface area (Å²) in [5.41, 5.74) is 10.1. The van der Waals surface area contributed by atoms with Crippen LogP contribution in [0.2, 0.25) is 0 Å². The van der Waals surface area contributed by atoms with Crippen LogP contribution in [0.25, 0.3) is 0 Å². The van der Waals surface area contributed by atoms with Gasteiger partial charge >= 0.3 is 0 Å². The topological polar surface area (TPSA) is 98.2 Å². The van der Waals surface area contributed by atoms with E-state index in [0.29, 0.717) is 13.1 Å². The van der Waals surface area contributed by atoms with E-state index in [0.717, 1.165) is 0 Å². The van der Waals surface area contributed by atoms with Crippen LogP contribution in [-0.4, -0.2) is 24.9 Å². The zero-order valence-electron chi connectivity index (χ0n) is 6.45. The van der Waals surface area contributed by atoms with Crippen molar-refractivity contribution >= 4 is 24.2 Å². The van der Waals surface area contributed by atoms with E-state index in [-0.39, 0.29) is 12.4 Å². The lowest BCUT2D eigenvalue weighted by atomic mass is 9.95. The average Bonchev–Trinajstić information content (AvgIpc) is 2.32. The van der Waals surface area contributed by atoms with Crippen molar-refractivity contribution in [2.45, 2.75) is 0 Å². The Labute approximate surface area is 76.3 Å². The van der Waals surface area contributed by atoms with Crippen LogP contribution < -0.4 is 16.8 Å². The standard InChI is InChI=1S/C6H11N3O2.ClH/c7-5(10)3-1-9-2-4(3)6(8)11;/h3-4,9H,1-2H2,(H2,7,10)(H2,8,11);1H. The number of halogens is 1. The summed E-state index contributed by atoms with van der Waals surface area (Å²) in [7, 11) is 0. The summed E-state index contributed by atoms with van der Waals surface area (Å²) in [5.74, 6) is -1.77. The van der Waals surface area contributed by atoms with Gasteiger partial charge in [-0.05, 0) is 0 Å². The number of nitrogens with two attached hydrogens (primary N) is 2. The third-order valence-corrected chi connectivity index (χ3v) is 1.95. The number of carbonyl (C=O) groups is 2. The zero-order valence-corrected chi connectivity index (χ0v) is 7.26. The molecule has 70 valence electrons. The van der Waals surface area contributed by atoms with Gasteiger partial charge in [0.1, 0.15) is 0 Å². The molecule has 2 unspecified atom stereocenters. The van der Waals surface area contributed by atoms with Crippen LogP contribution in [0, 0.1) is 11.8 Å². The Kier molecular flexibility index (Phi) is 3.99. The Bertz CT molecular complexity index is 177. The smallest absolute Gasteiger partial charge is 0.222 e. The summed E-state index contributed by atoms with van der Waals surface area (Å²) in [6.07, 6.45) is 0. The van der Waals surface area contributed by atoms with Crippen molar-refractivity contribution in [3.05, 3.63) is 0 Å². The number of primary amides is 2. The van der Waals surface area contributed by atoms with E-state index < -0.39 is 23.7 Å². The molecular weight excluding hydrogens is 182 g/mol. The van der Waals surface area contributed by atoms with Gasteiger partial charge in [-0.2, -0.15) is 0 Å². The maximum absolute atomic E-state index is 10.7. The maximum atomic E-state index is 10.7. The number of rotatable bonds is 2. The minimum absolute atomic E-state index is 0. The molecule has 0 aromatic carbocycles. The highest BCUT2D eigenvalue weighted by Crippen LogP contribution is 2.14. The van der Waals surface area contributed by atoms with Gasteiger partial charge in [0.2, 0.25) is 11.8 Å². The van der Waals surface area contributed by atoms with Crippen LogP contribution in [-0.2, 0) is 9.59 Å². The summed E-state index contributed by atoms with van der Waals surface area (Å²) >= 11 is 0. The number of amides is 2. The molecule has 0 saturated carbocycles. The number of hydrogen-bond acceptors (Lipinski definition) is 3. The Hall–Kier alpha value is -0.810. The SMILES string of the molecule is Cl.NC(=O)C1CNCC1C(N)=O. The van der Waals surface area contributed by atoms with Crippen molar-refractivity contribution in [2.24, 2.45) is 23.3 Å². The molecule has 1 rings (SSSR count). The molecule has 0 aromatic heterocycles. The largest absolute Gasteiger partial charge is 0.369 e. The van der Waals surface area contributed by atoms with Gasteiger partial charge in [-0.15, -0.1) is 12.4 Å². The first-order valence-corrected chi connectivity index (χ1v) is 3.42. The Morgan fingerprint density at radius 2 is 1.42 bits per heavy atom. The monoisotopic (exact) mass is 193 g/mol. The fraction of sp³-hybridized carbons (Fsp3) is 0.667. The van der Waals surface area contributed by atoms with Crippen LogP contribution in [0.1, 0.15) is 0 Å². The first-order chi connectivity index (χ1) is 5.13. The predicted octanol–water partition coefficient (Wildman–Crippen LogP) is -1.79. The number of carbonyl (C=O) groups excluding carboxylic acids is 2. The molecule has 0 aliphatic carbocycles. The van der Waals surface area contributed by atoms with E-state index in [9.17, 15) is 9.59 Å². The second kappa shape index (κ2) is 4.27. The van der Waals surface area contributed by atoms with Crippen LogP contribution in [0.5, 0.6) is 0 Å². The lowest BCUT2D eigenvalue weighted by molar-refractivity contribution is -0.129. The zero-order chi connectivity index (χ0) is 8.43. The first kappa shape index (κ1) is 11.2. The van der Waals surface area contributed by atoms with E-state index in [1.807, 2.05) is 0 Å². The highest BCUT2D eigenvalue weighted by Gasteiger charge is 2.34. The van der Waals surface area contributed by atoms with Gasteiger partial charge in [-0.1, -0.05) is 0 Å². The van der Waals surface area contributed by atoms with E-state index >= 15 is 0 Å². The second-order valence-corrected chi connectivity index (χ2v) is 2.68. The molecule has 1 aliphatic heterocycles. The summed E-state index contributed by atoms with van der Waals surface area (Å²) in [6.45, 7) is 0.923. The normalized spacial score (nSPS) is 27.7. The second-order valence-electron chi connectivity index (χ2n) is 2.68. The molecule has 5 N–H and O–H groups in total. The lowest BCUT2D eigenvalue weighted by Gasteiger charge is -2.09. The summed E-state index contributed by atoms with van der Waals surface area (Å²) < 4.78 is 0. The fourth-order valence-corrected chi connectivity index (χ4v) is 1.28. The lowest BCUT2D eigenvalue weighted by Crippen LogP contribution is -2.36. The van der Waals surface area contributed by atoms with Crippen molar-refractivity contribution in [1.29, 1.82) is 0 Å². The molecule has 6 heteroatoms. The van der Waals surface area contributed by atoms with E-state index in [4.69, 9.17) is 11.5 Å². The van der Waals surface area contributed by atoms with Gasteiger partial charge in [-0.3, -0.25) is 9.59 Å². The fourth-order valence-electron chi connectivity index (χ4n) is 1.28. The summed E-state index contributed by atoms with van der Waals surface area (Å²) in [6, 6.07) is 0. The first-order valence-electron chi connectivity index (χ1n) is 3.42. The third-order valence-electron chi connectivity index (χ3n) is 1.95. The molecule has 5 nitrogen and oxygen atoms in total. The molecule has 2 atom stereocenters. The summed E-state index contributed by atoms with van der Waals surface area (Å²) in [4.78, 5) is 21.4. The van der Waals surface area contributed by atoms with Crippen molar-refractivity contribution in [3.8, 4) is 0 Å². The van der Waals surface area contributed by atoms with Crippen LogP contribution in [0.15, 0.2) is 0 Å². The Morgan fingerprint density at radius 3 is 1.67 bits per heavy atom. The highest BCUT2D eigenvalue weighted by molar-refractivity contribution is 5.87. The molecule has 2 amide bonds. The van der Waals surface area contributed by atoms with Gasteiger partial charge in [0, 0.05) is 13.1 Å². The molecule has 0 spiro atoms. The summed E-state index contributed by atoms with van der Waals surface area (Å²) in [5, 5.41) is 2.88. The van der Waals surface area contributed by atoms with Crippen LogP contribution in [0.3, 0.4) is 0 Å². The van der Waals surface area contributed by atoms with Crippen molar-refractivity contribution < 1.29 is 9.59 Å². The minimum atomic E-state index is -0.459. The van der Waals surface area contributed by atoms with Gasteiger partial charge in [0.15, 0.2) is 0 Å². The van der Waals surface area contributed by atoms with Gasteiger partial charge in [0.25, 0.3) is 0 Å². The average molecular weight is 194 g/mol. The number of hydrogen-bond donors (Lipinski definition) is 3. The molecule has 12 heavy (non-hydrogen) atoms. The van der Waals surface area contributed by atoms with E-state index in [2.05, 4.69) is 5.32 Å². The Balaban J connectivity index is 0.00000121. The molecule has 1 heterocycles. The molecule has 1 saturated heterocycles. The molecule has 1 aliphatic rings. The maximum Gasteiger partial charge on any atom is 0.222 e. The predicted molar refractivity (Wildman–Crippen MR) is 45.5 cm³/mol. The van der Waals surface area contributed by atoms with Gasteiger partial charge in [-0.25, -0.2) is 0 Å². The van der Waals surface area contributed by atoms with Crippen molar-refractivity contribution in [3.63, 3.8) is 0 Å². The van der Waals surface area contributed by atoms with Gasteiger partial charge < -0.3 is 16.8 Å². The Morgan fingerprint density at radius 1 is 1.08 bits per heavy atom. The minimum Gasteiger partial charge on any atom is -0.369 e. The van der Waals surface area contributed by atoms with E-state index in [1.165, 1.54) is 0 Å². The molecule has 0 radical (unpaired) electrons.